The van der Waals surface area contributed by atoms with E-state index in [-0.39, 0.29) is 16.5 Å². The van der Waals surface area contributed by atoms with Gasteiger partial charge in [0.25, 0.3) is 0 Å². The van der Waals surface area contributed by atoms with Gasteiger partial charge in [-0.2, -0.15) is 5.46 Å². The van der Waals surface area contributed by atoms with Crippen molar-refractivity contribution in [2.75, 3.05) is 0 Å². The van der Waals surface area contributed by atoms with Crippen LogP contribution >= 0.6 is 0 Å². The number of rotatable bonds is 8. The average molecular weight is 739 g/mol. The van der Waals surface area contributed by atoms with Crippen molar-refractivity contribution in [1.82, 2.24) is 0 Å². The molecule has 0 aliphatic carbocycles. The third-order valence-corrected chi connectivity index (χ3v) is 11.0. The summed E-state index contributed by atoms with van der Waals surface area (Å²) in [4.78, 5) is 0. The number of fused-ring (bicyclic) bond motifs is 1. The molecule has 262 valence electrons. The summed E-state index contributed by atoms with van der Waals surface area (Å²) in [6.45, 7) is 3.61. The van der Waals surface area contributed by atoms with Gasteiger partial charge in [0, 0.05) is 5.39 Å². The van der Waals surface area contributed by atoms with Crippen LogP contribution in [0.2, 0.25) is 10.6 Å². The predicted octanol–water partition coefficient (Wildman–Crippen LogP) is 7.71. The zero-order valence-corrected chi connectivity index (χ0v) is 26.3. The van der Waals surface area contributed by atoms with E-state index >= 15 is 26.3 Å². The first-order valence-corrected chi connectivity index (χ1v) is 16.5. The maximum absolute atomic E-state index is 15.9. The van der Waals surface area contributed by atoms with Crippen molar-refractivity contribution in [3.63, 3.8) is 0 Å². The van der Waals surface area contributed by atoms with Crippen molar-refractivity contribution < 1.29 is 69.6 Å². The largest absolute Gasteiger partial charge is 0.642 e. The third kappa shape index (κ3) is 5.29. The molecule has 0 heterocycles. The summed E-state index contributed by atoms with van der Waals surface area (Å²) in [5.41, 5.74) is -9.49. The van der Waals surface area contributed by atoms with Gasteiger partial charge in [-0.1, -0.05) is 54.7 Å². The Morgan fingerprint density at radius 2 is 0.800 bits per heavy atom. The van der Waals surface area contributed by atoms with Crippen molar-refractivity contribution in [2.24, 2.45) is 0 Å². The fourth-order valence-electron chi connectivity index (χ4n) is 6.22. The molecule has 0 aliphatic rings. The first-order chi connectivity index (χ1) is 23.5. The van der Waals surface area contributed by atoms with E-state index in [1.807, 2.05) is 0 Å². The van der Waals surface area contributed by atoms with E-state index in [0.717, 1.165) is 12.1 Å². The smallest absolute Gasteiger partial charge is 0.546 e. The van der Waals surface area contributed by atoms with Gasteiger partial charge in [0.2, 0.25) is 0 Å². The Bertz CT molecular complexity index is 1950. The molecule has 5 rings (SSSR count). The molecule has 0 fully saturated rings. The van der Waals surface area contributed by atoms with E-state index in [1.54, 1.807) is 13.8 Å². The molecule has 0 aromatic heterocycles. The second-order valence-electron chi connectivity index (χ2n) is 11.1. The maximum atomic E-state index is 15.9. The highest BCUT2D eigenvalue weighted by atomic mass is 27.2. The van der Waals surface area contributed by atoms with Gasteiger partial charge in [-0.25, -0.2) is 65.9 Å². The molecule has 5 aromatic carbocycles. The van der Waals surface area contributed by atoms with Crippen molar-refractivity contribution >= 4 is 53.3 Å². The minimum absolute atomic E-state index is 0.0348. The van der Waals surface area contributed by atoms with Crippen LogP contribution in [0.15, 0.2) is 36.4 Å². The Kier molecular flexibility index (Phi) is 9.94. The summed E-state index contributed by atoms with van der Waals surface area (Å²) in [6.07, 6.45) is -5.87. The molecular formula is C32H16AlBF15O-. The molecule has 0 saturated carbocycles. The van der Waals surface area contributed by atoms with Crippen LogP contribution in [-0.4, -0.2) is 20.6 Å². The molecule has 0 unspecified atom stereocenters. The van der Waals surface area contributed by atoms with Crippen molar-refractivity contribution in [2.45, 2.75) is 24.4 Å². The van der Waals surface area contributed by atoms with Gasteiger partial charge in [-0.15, -0.1) is 16.4 Å². The van der Waals surface area contributed by atoms with Crippen LogP contribution in [0.4, 0.5) is 65.9 Å². The van der Waals surface area contributed by atoms with Gasteiger partial charge in [-0.05, 0) is 11.5 Å². The van der Waals surface area contributed by atoms with Crippen LogP contribution in [0.5, 0.6) is 5.75 Å². The van der Waals surface area contributed by atoms with Crippen molar-refractivity contribution in [1.29, 1.82) is 0 Å². The summed E-state index contributed by atoms with van der Waals surface area (Å²) < 4.78 is 234. The topological polar surface area (TPSA) is 9.23 Å². The predicted molar refractivity (Wildman–Crippen MR) is 154 cm³/mol. The van der Waals surface area contributed by atoms with Crippen LogP contribution < -0.4 is 25.6 Å². The van der Waals surface area contributed by atoms with Crippen LogP contribution in [-0.2, 0) is 0 Å². The maximum Gasteiger partial charge on any atom is 0.546 e. The Labute approximate surface area is 276 Å². The SMILES string of the molecule is C[CH2][Al]([CH2]C)[O]c1cccc2cc([B-](c3c(F)c(F)c(F)c(F)c3F)(c3c(F)c(F)c(F)c(F)c3F)c3c(F)c(F)c(F)c(F)c3F)ccc12. The second-order valence-corrected chi connectivity index (χ2v) is 14.2. The Morgan fingerprint density at radius 1 is 0.460 bits per heavy atom. The molecule has 0 amide bonds. The molecule has 0 bridgehead atoms. The van der Waals surface area contributed by atoms with E-state index in [2.05, 4.69) is 0 Å². The van der Waals surface area contributed by atoms with E-state index in [0.29, 0.717) is 22.7 Å². The Balaban J connectivity index is 2.17. The highest BCUT2D eigenvalue weighted by Gasteiger charge is 2.49. The monoisotopic (exact) mass is 739 g/mol. The van der Waals surface area contributed by atoms with Gasteiger partial charge in [-0.3, -0.25) is 0 Å². The Morgan fingerprint density at radius 3 is 1.14 bits per heavy atom. The van der Waals surface area contributed by atoms with Gasteiger partial charge in [0.15, 0.2) is 52.4 Å². The molecule has 1 nitrogen and oxygen atoms in total. The molecular weight excluding hydrogens is 723 g/mol. The van der Waals surface area contributed by atoms with Gasteiger partial charge >= 0.3 is 14.5 Å². The quantitative estimate of drug-likeness (QED) is 0.0687. The summed E-state index contributed by atoms with van der Waals surface area (Å²) in [5.74, 6) is -45.6. The fourth-order valence-corrected chi connectivity index (χ4v) is 7.69. The number of benzene rings is 5. The number of hydrogen-bond donors (Lipinski definition) is 0. The molecule has 18 heteroatoms. The molecule has 0 atom stereocenters. The molecule has 5 aromatic rings. The summed E-state index contributed by atoms with van der Waals surface area (Å²) in [5, 5.41) is 0.936. The normalized spacial score (nSPS) is 11.9. The van der Waals surface area contributed by atoms with E-state index in [1.165, 1.54) is 12.1 Å². The van der Waals surface area contributed by atoms with Gasteiger partial charge in [0.05, 0.1) is 5.75 Å². The lowest BCUT2D eigenvalue weighted by molar-refractivity contribution is 0.380. The van der Waals surface area contributed by atoms with E-state index in [9.17, 15) is 39.5 Å². The average Bonchev–Trinajstić information content (AvgIpc) is 3.11. The number of hydrogen-bond acceptors (Lipinski definition) is 1. The number of halogens is 15. The molecule has 0 aliphatic heterocycles. The highest BCUT2D eigenvalue weighted by molar-refractivity contribution is 7.20. The lowest BCUT2D eigenvalue weighted by Crippen LogP contribution is -2.79. The van der Waals surface area contributed by atoms with Gasteiger partial charge < -0.3 is 3.79 Å². The molecule has 0 saturated heterocycles. The van der Waals surface area contributed by atoms with E-state index < -0.39 is 130 Å². The molecule has 0 spiro atoms. The first kappa shape index (κ1) is 37.0. The summed E-state index contributed by atoms with van der Waals surface area (Å²) >= 11 is -1.96. The summed E-state index contributed by atoms with van der Waals surface area (Å²) in [7, 11) is 0. The van der Waals surface area contributed by atoms with Gasteiger partial charge in [0.1, 0.15) is 41.0 Å². The summed E-state index contributed by atoms with van der Waals surface area (Å²) in [6, 6.07) is 5.66. The third-order valence-electron chi connectivity index (χ3n) is 8.60. The molecule has 50 heavy (non-hydrogen) atoms. The minimum Gasteiger partial charge on any atom is -0.642 e. The second kappa shape index (κ2) is 13.4. The zero-order valence-electron chi connectivity index (χ0n) is 25.1. The standard InChI is InChI=1S/C28H7BF15O.2C2H5.Al/c30-14-11(15(31)21(37)26(42)20(14)36)29(12-16(32)22(38)27(43)23(39)17(12)33,13-18(34)24(40)28(44)25(41)19(13)35)8-4-5-9-7(6-8)2-1-3-10(9)45;2*1-2;/h1-6,45H;2*1H2,2H3;/q-1;;;+1/p-1. The zero-order chi connectivity index (χ0) is 37.1. The van der Waals surface area contributed by atoms with E-state index in [4.69, 9.17) is 3.79 Å². The van der Waals surface area contributed by atoms with Crippen LogP contribution in [0.25, 0.3) is 10.8 Å². The molecule has 0 radical (unpaired) electrons. The Hall–Kier alpha value is -4.29. The van der Waals surface area contributed by atoms with Crippen LogP contribution in [0.3, 0.4) is 0 Å². The van der Waals surface area contributed by atoms with Crippen molar-refractivity contribution in [3.8, 4) is 5.75 Å². The fraction of sp³-hybridized carbons (Fsp3) is 0.125. The lowest BCUT2D eigenvalue weighted by Gasteiger charge is -2.45. The van der Waals surface area contributed by atoms with Crippen molar-refractivity contribution in [3.05, 3.63) is 124 Å². The van der Waals surface area contributed by atoms with Crippen LogP contribution in [0, 0.1) is 87.3 Å². The minimum atomic E-state index is -5.87. The first-order valence-electron chi connectivity index (χ1n) is 14.4. The lowest BCUT2D eigenvalue weighted by atomic mass is 9.12. The molecule has 0 N–H and O–H groups in total. The highest BCUT2D eigenvalue weighted by Crippen LogP contribution is 2.31. The van der Waals surface area contributed by atoms with Crippen LogP contribution in [0.1, 0.15) is 13.8 Å².